The zero-order valence-corrected chi connectivity index (χ0v) is 19.4. The highest BCUT2D eigenvalue weighted by Gasteiger charge is 2.43. The Morgan fingerprint density at radius 1 is 0.971 bits per heavy atom. The first-order chi connectivity index (χ1) is 16.8. The summed E-state index contributed by atoms with van der Waals surface area (Å²) in [5.74, 6) is 3.04. The van der Waals surface area contributed by atoms with Crippen molar-refractivity contribution in [2.45, 2.75) is 50.0 Å². The second-order valence-corrected chi connectivity index (χ2v) is 10.1. The summed E-state index contributed by atoms with van der Waals surface area (Å²) < 4.78 is 0. The van der Waals surface area contributed by atoms with Crippen LogP contribution in [-0.4, -0.2) is 33.0 Å². The topological polar surface area (TPSA) is 92.5 Å². The molecular formula is C28H32N6. The number of nitrogens with one attached hydrogen (secondary N) is 2. The van der Waals surface area contributed by atoms with Crippen LogP contribution in [0.25, 0.3) is 11.2 Å². The van der Waals surface area contributed by atoms with E-state index in [1.807, 2.05) is 6.07 Å². The van der Waals surface area contributed by atoms with Crippen molar-refractivity contribution >= 4 is 17.0 Å². The van der Waals surface area contributed by atoms with Gasteiger partial charge in [0.15, 0.2) is 5.65 Å². The Bertz CT molecular complexity index is 1220. The largest absolute Gasteiger partial charge is 0.384 e. The van der Waals surface area contributed by atoms with Crippen LogP contribution in [0.5, 0.6) is 0 Å². The lowest BCUT2D eigenvalue weighted by Gasteiger charge is -2.36. The monoisotopic (exact) mass is 452 g/mol. The number of nitrogen functional groups attached to an aromatic ring is 1. The van der Waals surface area contributed by atoms with Crippen molar-refractivity contribution in [2.24, 2.45) is 11.8 Å². The first-order valence-electron chi connectivity index (χ1n) is 12.6. The van der Waals surface area contributed by atoms with Crippen LogP contribution in [-0.2, 0) is 0 Å². The molecule has 0 saturated heterocycles. The number of nitrogens with two attached hydrogens (primary N) is 1. The zero-order chi connectivity index (χ0) is 22.9. The van der Waals surface area contributed by atoms with Crippen molar-refractivity contribution in [1.82, 2.24) is 25.7 Å². The molecule has 6 rings (SSSR count). The summed E-state index contributed by atoms with van der Waals surface area (Å²) in [5, 5.41) is 15.1. The molecule has 2 fully saturated rings. The van der Waals surface area contributed by atoms with Gasteiger partial charge in [-0.05, 0) is 79.2 Å². The Labute approximate surface area is 200 Å². The number of fused-ring (bicyclic) bond motifs is 3. The second kappa shape index (κ2) is 9.18. The molecule has 0 radical (unpaired) electrons. The fraction of sp³-hybridized carbons (Fsp3) is 0.393. The van der Waals surface area contributed by atoms with Gasteiger partial charge >= 0.3 is 0 Å². The quantitative estimate of drug-likeness (QED) is 0.366. The van der Waals surface area contributed by atoms with Gasteiger partial charge in [-0.3, -0.25) is 0 Å². The van der Waals surface area contributed by atoms with Gasteiger partial charge in [0.1, 0.15) is 11.3 Å². The number of anilines is 1. The van der Waals surface area contributed by atoms with E-state index in [0.29, 0.717) is 17.5 Å². The zero-order valence-electron chi connectivity index (χ0n) is 19.4. The number of H-pyrrole nitrogens is 1. The Kier molecular flexibility index (Phi) is 5.75. The van der Waals surface area contributed by atoms with Crippen LogP contribution in [0.4, 0.5) is 5.82 Å². The average molecular weight is 453 g/mol. The molecule has 0 spiro atoms. The molecule has 0 aliphatic heterocycles. The van der Waals surface area contributed by atoms with E-state index in [1.54, 1.807) is 5.56 Å². The number of hydrogen-bond acceptors (Lipinski definition) is 5. The molecule has 2 aliphatic carbocycles. The second-order valence-electron chi connectivity index (χ2n) is 10.1. The molecule has 3 atom stereocenters. The van der Waals surface area contributed by atoms with Gasteiger partial charge in [0.2, 0.25) is 0 Å². The standard InChI is InChI=1S/C28H32N6/c29-25-17-24(27-28(31-25)33-34-32-27)23(18-7-3-1-4-8-18)13-14-30-22-15-20-11-12-21(16-22)26(20)19-9-5-2-6-10-19/h1-10,17,20-23,26,30H,11-16H2,(H3,29,31,32,33,34). The van der Waals surface area contributed by atoms with Gasteiger partial charge in [-0.1, -0.05) is 65.9 Å². The summed E-state index contributed by atoms with van der Waals surface area (Å²) in [6.07, 6.45) is 6.28. The molecule has 174 valence electrons. The Morgan fingerprint density at radius 3 is 2.41 bits per heavy atom. The minimum atomic E-state index is 0.184. The normalized spacial score (nSPS) is 24.9. The van der Waals surface area contributed by atoms with E-state index in [4.69, 9.17) is 5.73 Å². The fourth-order valence-electron chi connectivity index (χ4n) is 6.68. The van der Waals surface area contributed by atoms with Gasteiger partial charge < -0.3 is 11.1 Å². The van der Waals surface area contributed by atoms with Gasteiger partial charge in [0, 0.05) is 12.0 Å². The van der Waals surface area contributed by atoms with E-state index in [9.17, 15) is 0 Å². The molecule has 2 aromatic heterocycles. The van der Waals surface area contributed by atoms with Crippen LogP contribution in [0.2, 0.25) is 0 Å². The van der Waals surface area contributed by atoms with Gasteiger partial charge in [-0.15, -0.1) is 5.10 Å². The molecule has 4 aromatic rings. The van der Waals surface area contributed by atoms with Crippen LogP contribution in [0.1, 0.15) is 60.6 Å². The van der Waals surface area contributed by atoms with Crippen molar-refractivity contribution in [2.75, 3.05) is 12.3 Å². The van der Waals surface area contributed by atoms with Crippen molar-refractivity contribution in [3.8, 4) is 0 Å². The number of rotatable bonds is 7. The molecule has 3 unspecified atom stereocenters. The molecule has 34 heavy (non-hydrogen) atoms. The van der Waals surface area contributed by atoms with Crippen LogP contribution in [0.15, 0.2) is 66.7 Å². The third-order valence-electron chi connectivity index (χ3n) is 8.07. The molecule has 4 N–H and O–H groups in total. The SMILES string of the molecule is Nc1cc(C(CCNC2CC3CCC(C2)C3c2ccccc2)c2ccccc2)c2nn[nH]c2n1. The van der Waals surface area contributed by atoms with Crippen LogP contribution >= 0.6 is 0 Å². The third-order valence-corrected chi connectivity index (χ3v) is 8.07. The Hall–Kier alpha value is -3.25. The number of aromatic amines is 1. The van der Waals surface area contributed by atoms with Crippen LogP contribution in [0.3, 0.4) is 0 Å². The highest BCUT2D eigenvalue weighted by atomic mass is 15.3. The van der Waals surface area contributed by atoms with Crippen molar-refractivity contribution in [1.29, 1.82) is 0 Å². The van der Waals surface area contributed by atoms with Crippen molar-refractivity contribution in [3.05, 3.63) is 83.4 Å². The average Bonchev–Trinajstić information content (AvgIpc) is 3.44. The van der Waals surface area contributed by atoms with Crippen LogP contribution < -0.4 is 11.1 Å². The first kappa shape index (κ1) is 21.3. The van der Waals surface area contributed by atoms with E-state index in [0.717, 1.165) is 41.8 Å². The fourth-order valence-corrected chi connectivity index (χ4v) is 6.68. The molecule has 2 aromatic carbocycles. The van der Waals surface area contributed by atoms with E-state index in [1.165, 1.54) is 31.2 Å². The molecule has 6 heteroatoms. The summed E-state index contributed by atoms with van der Waals surface area (Å²) in [6.45, 7) is 0.960. The molecule has 2 aliphatic rings. The maximum Gasteiger partial charge on any atom is 0.178 e. The summed E-state index contributed by atoms with van der Waals surface area (Å²) in [4.78, 5) is 4.36. The minimum Gasteiger partial charge on any atom is -0.384 e. The van der Waals surface area contributed by atoms with Gasteiger partial charge in [-0.25, -0.2) is 10.1 Å². The number of benzene rings is 2. The minimum absolute atomic E-state index is 0.184. The summed E-state index contributed by atoms with van der Waals surface area (Å²) >= 11 is 0. The first-order valence-corrected chi connectivity index (χ1v) is 12.6. The lowest BCUT2D eigenvalue weighted by atomic mass is 9.73. The molecule has 2 saturated carbocycles. The van der Waals surface area contributed by atoms with Crippen LogP contribution in [0, 0.1) is 11.8 Å². The number of nitrogens with zero attached hydrogens (tertiary/aromatic N) is 3. The lowest BCUT2D eigenvalue weighted by molar-refractivity contribution is 0.242. The number of aromatic nitrogens is 4. The van der Waals surface area contributed by atoms with Crippen molar-refractivity contribution < 1.29 is 0 Å². The van der Waals surface area contributed by atoms with Gasteiger partial charge in [0.05, 0.1) is 0 Å². The molecule has 2 heterocycles. The van der Waals surface area contributed by atoms with E-state index in [-0.39, 0.29) is 5.92 Å². The van der Waals surface area contributed by atoms with Gasteiger partial charge in [-0.2, -0.15) is 0 Å². The maximum atomic E-state index is 6.14. The summed E-state index contributed by atoms with van der Waals surface area (Å²) in [7, 11) is 0. The number of hydrogen-bond donors (Lipinski definition) is 3. The predicted octanol–water partition coefficient (Wildman–Crippen LogP) is 5.02. The maximum absolute atomic E-state index is 6.14. The number of pyridine rings is 1. The molecular weight excluding hydrogens is 420 g/mol. The van der Waals surface area contributed by atoms with Crippen molar-refractivity contribution in [3.63, 3.8) is 0 Å². The molecule has 2 bridgehead atoms. The van der Waals surface area contributed by atoms with Gasteiger partial charge in [0.25, 0.3) is 0 Å². The van der Waals surface area contributed by atoms with E-state index in [2.05, 4.69) is 86.4 Å². The Balaban J connectivity index is 1.17. The predicted molar refractivity (Wildman–Crippen MR) is 135 cm³/mol. The Morgan fingerprint density at radius 2 is 1.68 bits per heavy atom. The summed E-state index contributed by atoms with van der Waals surface area (Å²) in [6, 6.07) is 24.4. The third kappa shape index (κ3) is 4.07. The lowest BCUT2D eigenvalue weighted by Crippen LogP contribution is -2.38. The van der Waals surface area contributed by atoms with E-state index >= 15 is 0 Å². The highest BCUT2D eigenvalue weighted by molar-refractivity contribution is 5.77. The highest BCUT2D eigenvalue weighted by Crippen LogP contribution is 2.52. The van der Waals surface area contributed by atoms with E-state index < -0.39 is 0 Å². The molecule has 6 nitrogen and oxygen atoms in total. The summed E-state index contributed by atoms with van der Waals surface area (Å²) in [5.41, 5.74) is 11.5. The molecule has 0 amide bonds. The smallest absolute Gasteiger partial charge is 0.178 e.